The average molecular weight is 300 g/mol. The van der Waals surface area contributed by atoms with Crippen molar-refractivity contribution < 1.29 is 13.9 Å². The third kappa shape index (κ3) is 3.14. The van der Waals surface area contributed by atoms with Crippen molar-refractivity contribution in [2.24, 2.45) is 0 Å². The van der Waals surface area contributed by atoms with E-state index < -0.39 is 0 Å². The van der Waals surface area contributed by atoms with E-state index in [1.807, 2.05) is 19.2 Å². The number of ether oxygens (including phenoxy) is 1. The summed E-state index contributed by atoms with van der Waals surface area (Å²) in [6.45, 7) is 3.83. The van der Waals surface area contributed by atoms with Crippen molar-refractivity contribution in [3.05, 3.63) is 54.0 Å². The molecule has 0 atom stereocenters. The third-order valence-corrected chi connectivity index (χ3v) is 3.87. The summed E-state index contributed by atoms with van der Waals surface area (Å²) in [6.07, 6.45) is 3.00. The van der Waals surface area contributed by atoms with E-state index in [4.69, 9.17) is 9.15 Å². The summed E-state index contributed by atoms with van der Waals surface area (Å²) in [5.74, 6) is -0.0365. The van der Waals surface area contributed by atoms with Gasteiger partial charge in [0.05, 0.1) is 25.0 Å². The Labute approximate surface area is 130 Å². The number of rotatable bonds is 4. The molecule has 0 aliphatic carbocycles. The number of carbonyl (C=O) groups excluding carboxylic acids is 1. The van der Waals surface area contributed by atoms with Crippen LogP contribution in [-0.2, 0) is 11.3 Å². The Morgan fingerprint density at radius 3 is 2.73 bits per heavy atom. The van der Waals surface area contributed by atoms with Crippen molar-refractivity contribution in [2.75, 3.05) is 38.3 Å². The largest absolute Gasteiger partial charge is 0.472 e. The van der Waals surface area contributed by atoms with Crippen molar-refractivity contribution >= 4 is 11.6 Å². The zero-order valence-electron chi connectivity index (χ0n) is 12.7. The second kappa shape index (κ2) is 6.66. The first-order valence-corrected chi connectivity index (χ1v) is 7.44. The highest BCUT2D eigenvalue weighted by Crippen LogP contribution is 2.23. The van der Waals surface area contributed by atoms with Crippen molar-refractivity contribution in [1.82, 2.24) is 4.90 Å². The zero-order chi connectivity index (χ0) is 15.4. The minimum absolute atomic E-state index is 0.0365. The molecule has 1 aliphatic rings. The highest BCUT2D eigenvalue weighted by molar-refractivity contribution is 5.93. The van der Waals surface area contributed by atoms with E-state index in [0.29, 0.717) is 12.1 Å². The molecule has 2 heterocycles. The second-order valence-corrected chi connectivity index (χ2v) is 5.40. The molecule has 0 radical (unpaired) electrons. The van der Waals surface area contributed by atoms with Gasteiger partial charge in [-0.2, -0.15) is 0 Å². The van der Waals surface area contributed by atoms with Crippen LogP contribution in [0.5, 0.6) is 0 Å². The molecule has 0 saturated carbocycles. The second-order valence-electron chi connectivity index (χ2n) is 5.40. The van der Waals surface area contributed by atoms with E-state index in [0.717, 1.165) is 31.9 Å². The maximum Gasteiger partial charge on any atom is 0.257 e. The van der Waals surface area contributed by atoms with Crippen LogP contribution < -0.4 is 4.90 Å². The molecule has 1 saturated heterocycles. The molecule has 1 aromatic carbocycles. The number of furan rings is 1. The van der Waals surface area contributed by atoms with Crippen LogP contribution >= 0.6 is 0 Å². The van der Waals surface area contributed by atoms with Crippen LogP contribution in [0.1, 0.15) is 15.9 Å². The fourth-order valence-corrected chi connectivity index (χ4v) is 2.69. The molecule has 3 rings (SSSR count). The van der Waals surface area contributed by atoms with Gasteiger partial charge in [-0.05, 0) is 17.7 Å². The van der Waals surface area contributed by atoms with Crippen LogP contribution in [0, 0.1) is 0 Å². The number of amides is 1. The molecule has 0 unspecified atom stereocenters. The van der Waals surface area contributed by atoms with Crippen LogP contribution in [0.3, 0.4) is 0 Å². The summed E-state index contributed by atoms with van der Waals surface area (Å²) in [6, 6.07) is 9.91. The van der Waals surface area contributed by atoms with Crippen molar-refractivity contribution in [3.8, 4) is 0 Å². The SMILES string of the molecule is CN(Cc1ccccc1N1CCOCC1)C(=O)c1ccoc1. The quantitative estimate of drug-likeness (QED) is 0.870. The van der Waals surface area contributed by atoms with Gasteiger partial charge in [0.25, 0.3) is 5.91 Å². The van der Waals surface area contributed by atoms with E-state index >= 15 is 0 Å². The smallest absolute Gasteiger partial charge is 0.257 e. The minimum Gasteiger partial charge on any atom is -0.472 e. The monoisotopic (exact) mass is 300 g/mol. The minimum atomic E-state index is -0.0365. The van der Waals surface area contributed by atoms with Gasteiger partial charge >= 0.3 is 0 Å². The Bertz CT molecular complexity index is 619. The maximum absolute atomic E-state index is 12.3. The lowest BCUT2D eigenvalue weighted by Crippen LogP contribution is -2.37. The Morgan fingerprint density at radius 1 is 1.23 bits per heavy atom. The van der Waals surface area contributed by atoms with E-state index in [9.17, 15) is 4.79 Å². The summed E-state index contributed by atoms with van der Waals surface area (Å²) in [4.78, 5) is 16.4. The number of hydrogen-bond acceptors (Lipinski definition) is 4. The molecule has 0 spiro atoms. The molecule has 1 aliphatic heterocycles. The van der Waals surface area contributed by atoms with Gasteiger partial charge in [0.1, 0.15) is 6.26 Å². The number of hydrogen-bond donors (Lipinski definition) is 0. The molecule has 5 heteroatoms. The molecule has 5 nitrogen and oxygen atoms in total. The normalized spacial score (nSPS) is 14.9. The standard InChI is InChI=1S/C17H20N2O3/c1-18(17(20)15-6-9-22-13-15)12-14-4-2-3-5-16(14)19-7-10-21-11-8-19/h2-6,9,13H,7-8,10-12H2,1H3. The first-order chi connectivity index (χ1) is 10.8. The summed E-state index contributed by atoms with van der Waals surface area (Å²) in [7, 11) is 1.81. The summed E-state index contributed by atoms with van der Waals surface area (Å²) in [5, 5.41) is 0. The Kier molecular flexibility index (Phi) is 4.44. The predicted octanol–water partition coefficient (Wildman–Crippen LogP) is 2.39. The number of nitrogens with zero attached hydrogens (tertiary/aromatic N) is 2. The molecule has 0 bridgehead atoms. The fraction of sp³-hybridized carbons (Fsp3) is 0.353. The van der Waals surface area contributed by atoms with Crippen molar-refractivity contribution in [3.63, 3.8) is 0 Å². The third-order valence-electron chi connectivity index (χ3n) is 3.87. The fourth-order valence-electron chi connectivity index (χ4n) is 2.69. The van der Waals surface area contributed by atoms with Gasteiger partial charge in [0, 0.05) is 32.4 Å². The lowest BCUT2D eigenvalue weighted by molar-refractivity contribution is 0.0784. The van der Waals surface area contributed by atoms with E-state index in [-0.39, 0.29) is 5.91 Å². The average Bonchev–Trinajstić information content (AvgIpc) is 3.10. The van der Waals surface area contributed by atoms with Gasteiger partial charge in [-0.1, -0.05) is 18.2 Å². The van der Waals surface area contributed by atoms with Gasteiger partial charge in [-0.3, -0.25) is 4.79 Å². The van der Waals surface area contributed by atoms with Crippen LogP contribution in [0.4, 0.5) is 5.69 Å². The van der Waals surface area contributed by atoms with E-state index in [1.165, 1.54) is 18.2 Å². The van der Waals surface area contributed by atoms with Crippen molar-refractivity contribution in [1.29, 1.82) is 0 Å². The number of carbonyl (C=O) groups is 1. The zero-order valence-corrected chi connectivity index (χ0v) is 12.7. The lowest BCUT2D eigenvalue weighted by Gasteiger charge is -2.31. The molecule has 2 aromatic rings. The summed E-state index contributed by atoms with van der Waals surface area (Å²) >= 11 is 0. The highest BCUT2D eigenvalue weighted by atomic mass is 16.5. The van der Waals surface area contributed by atoms with Gasteiger partial charge in [-0.25, -0.2) is 0 Å². The van der Waals surface area contributed by atoms with Crippen LogP contribution in [0.25, 0.3) is 0 Å². The molecule has 1 fully saturated rings. The van der Waals surface area contributed by atoms with Gasteiger partial charge in [0.2, 0.25) is 0 Å². The molecule has 0 N–H and O–H groups in total. The topological polar surface area (TPSA) is 45.9 Å². The van der Waals surface area contributed by atoms with Crippen LogP contribution in [0.2, 0.25) is 0 Å². The van der Waals surface area contributed by atoms with E-state index in [2.05, 4.69) is 17.0 Å². The molecule has 1 amide bonds. The van der Waals surface area contributed by atoms with Gasteiger partial charge in [-0.15, -0.1) is 0 Å². The maximum atomic E-state index is 12.3. The molecular formula is C17H20N2O3. The van der Waals surface area contributed by atoms with Crippen molar-refractivity contribution in [2.45, 2.75) is 6.54 Å². The molecular weight excluding hydrogens is 280 g/mol. The Balaban J connectivity index is 1.75. The Hall–Kier alpha value is -2.27. The van der Waals surface area contributed by atoms with Crippen LogP contribution in [0.15, 0.2) is 47.3 Å². The van der Waals surface area contributed by atoms with Gasteiger partial charge in [0.15, 0.2) is 0 Å². The highest BCUT2D eigenvalue weighted by Gasteiger charge is 2.18. The number of para-hydroxylation sites is 1. The number of benzene rings is 1. The predicted molar refractivity (Wildman–Crippen MR) is 84.0 cm³/mol. The van der Waals surface area contributed by atoms with E-state index in [1.54, 1.807) is 11.0 Å². The van der Waals surface area contributed by atoms with Crippen LogP contribution in [-0.4, -0.2) is 44.2 Å². The first-order valence-electron chi connectivity index (χ1n) is 7.44. The Morgan fingerprint density at radius 2 is 2.00 bits per heavy atom. The summed E-state index contributed by atoms with van der Waals surface area (Å²) < 4.78 is 10.4. The number of anilines is 1. The summed E-state index contributed by atoms with van der Waals surface area (Å²) in [5.41, 5.74) is 2.90. The number of morpholine rings is 1. The lowest BCUT2D eigenvalue weighted by atomic mass is 10.1. The molecule has 116 valence electrons. The molecule has 1 aromatic heterocycles. The van der Waals surface area contributed by atoms with Gasteiger partial charge < -0.3 is 19.0 Å². The molecule has 22 heavy (non-hydrogen) atoms. The first kappa shape index (κ1) is 14.7.